The molecule has 1 unspecified atom stereocenters. The van der Waals surface area contributed by atoms with Gasteiger partial charge >= 0.3 is 5.97 Å². The van der Waals surface area contributed by atoms with Crippen molar-refractivity contribution >= 4 is 40.7 Å². The van der Waals surface area contributed by atoms with E-state index in [4.69, 9.17) is 5.11 Å². The fourth-order valence-electron chi connectivity index (χ4n) is 2.12. The minimum absolute atomic E-state index is 0.0459. The number of thiazole rings is 1. The standard InChI is InChI=1S/C15H15N3O5S2/c1-7-12(15(20)21)25-14(17-7)8(2)16-13(19)10-6-9(24-3)4-5-11(10)18(22)23/h4-6,8H,1-3H3,(H,16,19)(H,20,21). The van der Waals surface area contributed by atoms with Gasteiger partial charge < -0.3 is 10.4 Å². The number of carbonyl (C=O) groups excluding carboxylic acids is 1. The third-order valence-electron chi connectivity index (χ3n) is 3.37. The normalized spacial score (nSPS) is 11.8. The van der Waals surface area contributed by atoms with Crippen LogP contribution in [0.3, 0.4) is 0 Å². The highest BCUT2D eigenvalue weighted by Crippen LogP contribution is 2.27. The molecule has 2 N–H and O–H groups in total. The third kappa shape index (κ3) is 4.15. The van der Waals surface area contributed by atoms with E-state index in [-0.39, 0.29) is 16.1 Å². The second-order valence-electron chi connectivity index (χ2n) is 5.11. The molecule has 1 amide bonds. The lowest BCUT2D eigenvalue weighted by Crippen LogP contribution is -2.27. The predicted molar refractivity (Wildman–Crippen MR) is 94.6 cm³/mol. The third-order valence-corrected chi connectivity index (χ3v) is 5.42. The second kappa shape index (κ2) is 7.62. The summed E-state index contributed by atoms with van der Waals surface area (Å²) < 4.78 is 0. The first-order valence-electron chi connectivity index (χ1n) is 7.08. The van der Waals surface area contributed by atoms with Crippen LogP contribution in [0.15, 0.2) is 23.1 Å². The Bertz CT molecular complexity index is 850. The van der Waals surface area contributed by atoms with E-state index in [0.717, 1.165) is 16.2 Å². The molecule has 1 atom stereocenters. The van der Waals surface area contributed by atoms with E-state index in [9.17, 15) is 19.7 Å². The van der Waals surface area contributed by atoms with Crippen molar-refractivity contribution in [2.24, 2.45) is 0 Å². The SMILES string of the molecule is CSc1ccc([N+](=O)[O-])c(C(=O)NC(C)c2nc(C)c(C(=O)O)s2)c1. The smallest absolute Gasteiger partial charge is 0.347 e. The summed E-state index contributed by atoms with van der Waals surface area (Å²) in [5.41, 5.74) is 0.0310. The first-order valence-corrected chi connectivity index (χ1v) is 9.12. The van der Waals surface area contributed by atoms with E-state index >= 15 is 0 Å². The van der Waals surface area contributed by atoms with Crippen molar-refractivity contribution in [2.75, 3.05) is 6.26 Å². The molecule has 0 saturated carbocycles. The van der Waals surface area contributed by atoms with Gasteiger partial charge in [0.2, 0.25) is 0 Å². The summed E-state index contributed by atoms with van der Waals surface area (Å²) >= 11 is 2.33. The number of hydrogen-bond donors (Lipinski definition) is 2. The molecule has 0 aliphatic carbocycles. The summed E-state index contributed by atoms with van der Waals surface area (Å²) in [5.74, 6) is -1.69. The van der Waals surface area contributed by atoms with Crippen molar-refractivity contribution in [3.63, 3.8) is 0 Å². The summed E-state index contributed by atoms with van der Waals surface area (Å²) in [6, 6.07) is 3.75. The van der Waals surface area contributed by atoms with Crippen LogP contribution >= 0.6 is 23.1 Å². The lowest BCUT2D eigenvalue weighted by Gasteiger charge is -2.12. The maximum Gasteiger partial charge on any atom is 0.347 e. The molecule has 0 aliphatic rings. The zero-order valence-corrected chi connectivity index (χ0v) is 15.2. The maximum atomic E-state index is 12.5. The Balaban J connectivity index is 2.28. The molecule has 8 nitrogen and oxygen atoms in total. The Hall–Kier alpha value is -2.46. The van der Waals surface area contributed by atoms with Gasteiger partial charge in [0.15, 0.2) is 0 Å². The van der Waals surface area contributed by atoms with E-state index in [0.29, 0.717) is 10.7 Å². The number of hydrogen-bond acceptors (Lipinski definition) is 7. The number of carboxylic acids is 1. The maximum absolute atomic E-state index is 12.5. The van der Waals surface area contributed by atoms with Gasteiger partial charge in [-0.25, -0.2) is 9.78 Å². The summed E-state index contributed by atoms with van der Waals surface area (Å²) in [6.07, 6.45) is 1.80. The highest BCUT2D eigenvalue weighted by atomic mass is 32.2. The van der Waals surface area contributed by atoms with Gasteiger partial charge in [-0.15, -0.1) is 23.1 Å². The number of amides is 1. The Morgan fingerprint density at radius 2 is 2.12 bits per heavy atom. The van der Waals surface area contributed by atoms with Crippen LogP contribution in [0.25, 0.3) is 0 Å². The van der Waals surface area contributed by atoms with Gasteiger partial charge in [-0.2, -0.15) is 0 Å². The number of nitrogens with zero attached hydrogens (tertiary/aromatic N) is 2. The number of benzene rings is 1. The monoisotopic (exact) mass is 381 g/mol. The average Bonchev–Trinajstić information content (AvgIpc) is 2.96. The predicted octanol–water partition coefficient (Wildman–Crippen LogP) is 3.27. The number of carbonyl (C=O) groups is 2. The van der Waals surface area contributed by atoms with Crippen molar-refractivity contribution in [3.8, 4) is 0 Å². The van der Waals surface area contributed by atoms with Crippen molar-refractivity contribution in [1.82, 2.24) is 10.3 Å². The largest absolute Gasteiger partial charge is 0.477 e. The second-order valence-corrected chi connectivity index (χ2v) is 7.02. The van der Waals surface area contributed by atoms with Crippen LogP contribution in [0.2, 0.25) is 0 Å². The van der Waals surface area contributed by atoms with E-state index in [2.05, 4.69) is 10.3 Å². The fraction of sp³-hybridized carbons (Fsp3) is 0.267. The van der Waals surface area contributed by atoms with Gasteiger partial charge in [-0.1, -0.05) is 0 Å². The number of nitrogens with one attached hydrogen (secondary N) is 1. The Morgan fingerprint density at radius 1 is 1.44 bits per heavy atom. The number of carboxylic acid groups (broad SMARTS) is 1. The molecular weight excluding hydrogens is 366 g/mol. The molecule has 0 radical (unpaired) electrons. The summed E-state index contributed by atoms with van der Waals surface area (Å²) in [4.78, 5) is 39.1. The van der Waals surface area contributed by atoms with Crippen LogP contribution in [0.4, 0.5) is 5.69 Å². The van der Waals surface area contributed by atoms with E-state index in [1.165, 1.54) is 23.9 Å². The molecule has 0 spiro atoms. The minimum atomic E-state index is -1.08. The molecule has 1 aromatic carbocycles. The van der Waals surface area contributed by atoms with Gasteiger partial charge in [-0.3, -0.25) is 14.9 Å². The molecule has 1 aromatic heterocycles. The van der Waals surface area contributed by atoms with Crippen LogP contribution < -0.4 is 5.32 Å². The number of aryl methyl sites for hydroxylation is 1. The van der Waals surface area contributed by atoms with Gasteiger partial charge in [0.25, 0.3) is 11.6 Å². The molecule has 10 heteroatoms. The van der Waals surface area contributed by atoms with Crippen molar-refractivity contribution in [2.45, 2.75) is 24.8 Å². The highest BCUT2D eigenvalue weighted by molar-refractivity contribution is 7.98. The van der Waals surface area contributed by atoms with Crippen LogP contribution in [0.5, 0.6) is 0 Å². The Morgan fingerprint density at radius 3 is 2.64 bits per heavy atom. The molecule has 1 heterocycles. The van der Waals surface area contributed by atoms with Gasteiger partial charge in [-0.05, 0) is 32.2 Å². The number of thioether (sulfide) groups is 1. The van der Waals surface area contributed by atoms with E-state index in [1.54, 1.807) is 26.2 Å². The van der Waals surface area contributed by atoms with Gasteiger partial charge in [0, 0.05) is 11.0 Å². The van der Waals surface area contributed by atoms with Crippen molar-refractivity contribution < 1.29 is 19.6 Å². The lowest BCUT2D eigenvalue weighted by molar-refractivity contribution is -0.385. The van der Waals surface area contributed by atoms with Gasteiger partial charge in [0.1, 0.15) is 15.4 Å². The fourth-order valence-corrected chi connectivity index (χ4v) is 3.47. The van der Waals surface area contributed by atoms with Crippen LogP contribution in [0.1, 0.15) is 43.7 Å². The van der Waals surface area contributed by atoms with E-state index < -0.39 is 22.8 Å². The van der Waals surface area contributed by atoms with Crippen LogP contribution in [0, 0.1) is 17.0 Å². The van der Waals surface area contributed by atoms with Crippen LogP contribution in [-0.2, 0) is 0 Å². The highest BCUT2D eigenvalue weighted by Gasteiger charge is 2.24. The summed E-state index contributed by atoms with van der Waals surface area (Å²) in [6.45, 7) is 3.22. The Labute approximate surface area is 151 Å². The van der Waals surface area contributed by atoms with Crippen molar-refractivity contribution in [3.05, 3.63) is 49.5 Å². The molecule has 0 fully saturated rings. The van der Waals surface area contributed by atoms with Crippen molar-refractivity contribution in [1.29, 1.82) is 0 Å². The quantitative estimate of drug-likeness (QED) is 0.447. The topological polar surface area (TPSA) is 122 Å². The Kier molecular flexibility index (Phi) is 5.75. The number of aromatic carboxylic acids is 1. The number of nitro groups is 1. The zero-order valence-electron chi connectivity index (χ0n) is 13.6. The molecule has 25 heavy (non-hydrogen) atoms. The zero-order chi connectivity index (χ0) is 18.7. The number of aromatic nitrogens is 1. The molecule has 2 rings (SSSR count). The molecule has 2 aromatic rings. The summed E-state index contributed by atoms with van der Waals surface area (Å²) in [5, 5.41) is 23.3. The number of nitro benzene ring substituents is 1. The minimum Gasteiger partial charge on any atom is -0.477 e. The van der Waals surface area contributed by atoms with Gasteiger partial charge in [0.05, 0.1) is 16.7 Å². The molecule has 132 valence electrons. The average molecular weight is 381 g/mol. The summed E-state index contributed by atoms with van der Waals surface area (Å²) in [7, 11) is 0. The molecule has 0 aliphatic heterocycles. The van der Waals surface area contributed by atoms with E-state index in [1.807, 2.05) is 0 Å². The lowest BCUT2D eigenvalue weighted by atomic mass is 10.1. The van der Waals surface area contributed by atoms with Crippen LogP contribution in [-0.4, -0.2) is 33.1 Å². The first kappa shape index (κ1) is 18.9. The molecule has 0 bridgehead atoms. The molecular formula is C15H15N3O5S2. The number of rotatable bonds is 6. The molecule has 0 saturated heterocycles. The first-order chi connectivity index (χ1) is 11.7.